The van der Waals surface area contributed by atoms with E-state index in [0.717, 1.165) is 44.5 Å². The Hall–Kier alpha value is -7.79. The van der Waals surface area contributed by atoms with Crippen LogP contribution in [0.4, 0.5) is 0 Å². The number of aromatic nitrogens is 3. The van der Waals surface area contributed by atoms with Crippen LogP contribution in [-0.2, 0) is 0 Å². The Kier molecular flexibility index (Phi) is 9.38. The van der Waals surface area contributed by atoms with Gasteiger partial charge in [-0.3, -0.25) is 0 Å². The Bertz CT molecular complexity index is 3270. The summed E-state index contributed by atoms with van der Waals surface area (Å²) in [4.78, 5) is 15.6. The molecule has 0 aliphatic heterocycles. The fourth-order valence-electron chi connectivity index (χ4n) is 8.28. The van der Waals surface area contributed by atoms with Crippen molar-refractivity contribution < 1.29 is 0 Å². The summed E-state index contributed by atoms with van der Waals surface area (Å²) in [6.07, 6.45) is 0. The van der Waals surface area contributed by atoms with Crippen molar-refractivity contribution in [1.29, 1.82) is 0 Å². The number of thiophene rings is 1. The third kappa shape index (κ3) is 7.09. The molecule has 0 aliphatic rings. The highest BCUT2D eigenvalue weighted by atomic mass is 32.1. The van der Waals surface area contributed by atoms with Gasteiger partial charge in [-0.15, -0.1) is 11.3 Å². The van der Waals surface area contributed by atoms with Crippen LogP contribution in [0.1, 0.15) is 0 Å². The lowest BCUT2D eigenvalue weighted by molar-refractivity contribution is 1.07. The molecule has 3 nitrogen and oxygen atoms in total. The molecule has 0 saturated heterocycles. The first-order chi connectivity index (χ1) is 30.2. The zero-order chi connectivity index (χ0) is 40.5. The normalized spacial score (nSPS) is 11.3. The second kappa shape index (κ2) is 15.8. The largest absolute Gasteiger partial charge is 0.208 e. The highest BCUT2D eigenvalue weighted by molar-refractivity contribution is 7.26. The lowest BCUT2D eigenvalue weighted by Crippen LogP contribution is -2.00. The lowest BCUT2D eigenvalue weighted by atomic mass is 9.95. The summed E-state index contributed by atoms with van der Waals surface area (Å²) in [6, 6.07) is 79.4. The van der Waals surface area contributed by atoms with Crippen molar-refractivity contribution in [3.8, 4) is 89.8 Å². The number of fused-ring (bicyclic) bond motifs is 3. The standard InChI is InChI=1S/C57H37N3S/c1-6-18-38(19-7-1)45-33-46(39-20-8-2-9-21-39)35-48(34-45)57-59-55(42-26-14-5-15-27-42)58-56(60-57)44-29-16-28-43(32-44)49-30-17-31-50-52-37-47(40-22-10-3-11-23-40)36-51(54(52)61-53(49)50)41-24-12-4-13-25-41/h1-37H. The van der Waals surface area contributed by atoms with Crippen molar-refractivity contribution >= 4 is 31.5 Å². The fourth-order valence-corrected chi connectivity index (χ4v) is 9.64. The first-order valence-electron chi connectivity index (χ1n) is 20.5. The average molecular weight is 796 g/mol. The number of hydrogen-bond donors (Lipinski definition) is 0. The first-order valence-corrected chi connectivity index (χ1v) is 21.3. The lowest BCUT2D eigenvalue weighted by Gasteiger charge is -2.13. The Morgan fingerprint density at radius 3 is 1.20 bits per heavy atom. The van der Waals surface area contributed by atoms with Gasteiger partial charge in [-0.1, -0.05) is 188 Å². The van der Waals surface area contributed by atoms with E-state index in [1.54, 1.807) is 0 Å². The molecule has 0 saturated carbocycles. The van der Waals surface area contributed by atoms with E-state index in [4.69, 9.17) is 15.0 Å². The summed E-state index contributed by atoms with van der Waals surface area (Å²) < 4.78 is 2.54. The Labute approximate surface area is 359 Å². The highest BCUT2D eigenvalue weighted by Gasteiger charge is 2.19. The van der Waals surface area contributed by atoms with E-state index in [1.807, 2.05) is 29.5 Å². The van der Waals surface area contributed by atoms with Crippen molar-refractivity contribution in [3.63, 3.8) is 0 Å². The van der Waals surface area contributed by atoms with E-state index in [1.165, 1.54) is 48.0 Å². The number of nitrogens with zero attached hydrogens (tertiary/aromatic N) is 3. The fraction of sp³-hybridized carbons (Fsp3) is 0. The Morgan fingerprint density at radius 1 is 0.230 bits per heavy atom. The highest BCUT2D eigenvalue weighted by Crippen LogP contribution is 2.46. The maximum atomic E-state index is 5.26. The molecule has 0 aliphatic carbocycles. The summed E-state index contributed by atoms with van der Waals surface area (Å²) in [5, 5.41) is 2.51. The monoisotopic (exact) mass is 795 g/mol. The minimum absolute atomic E-state index is 0.624. The van der Waals surface area contributed by atoms with Crippen LogP contribution in [0.5, 0.6) is 0 Å². The van der Waals surface area contributed by atoms with E-state index in [2.05, 4.69) is 206 Å². The molecule has 0 atom stereocenters. The van der Waals surface area contributed by atoms with E-state index in [9.17, 15) is 0 Å². The zero-order valence-electron chi connectivity index (χ0n) is 33.1. The Morgan fingerprint density at radius 2 is 0.623 bits per heavy atom. The SMILES string of the molecule is c1ccc(-c2cc(-c3ccccc3)cc(-c3nc(-c4ccccc4)nc(-c4cccc(-c5cccc6c5sc5c(-c7ccccc7)cc(-c7ccccc7)cc56)c4)n3)c2)cc1. The zero-order valence-corrected chi connectivity index (χ0v) is 33.9. The molecule has 4 heteroatoms. The molecule has 9 aromatic carbocycles. The van der Waals surface area contributed by atoms with Gasteiger partial charge >= 0.3 is 0 Å². The molecule has 0 spiro atoms. The smallest absolute Gasteiger partial charge is 0.164 e. The van der Waals surface area contributed by atoms with Gasteiger partial charge < -0.3 is 0 Å². The molecule has 2 heterocycles. The maximum Gasteiger partial charge on any atom is 0.164 e. The predicted molar refractivity (Wildman–Crippen MR) is 256 cm³/mol. The quantitative estimate of drug-likeness (QED) is 0.154. The van der Waals surface area contributed by atoms with Crippen molar-refractivity contribution in [2.45, 2.75) is 0 Å². The minimum atomic E-state index is 0.624. The molecule has 0 radical (unpaired) electrons. The van der Waals surface area contributed by atoms with Crippen molar-refractivity contribution in [3.05, 3.63) is 224 Å². The third-order valence-corrected chi connectivity index (χ3v) is 12.6. The van der Waals surface area contributed by atoms with E-state index in [-0.39, 0.29) is 0 Å². The molecule has 11 aromatic rings. The molecule has 61 heavy (non-hydrogen) atoms. The topological polar surface area (TPSA) is 38.7 Å². The number of benzene rings is 9. The summed E-state index contributed by atoms with van der Waals surface area (Å²) >= 11 is 1.87. The van der Waals surface area contributed by atoms with Gasteiger partial charge in [0.15, 0.2) is 17.5 Å². The van der Waals surface area contributed by atoms with Crippen molar-refractivity contribution in [1.82, 2.24) is 15.0 Å². The van der Waals surface area contributed by atoms with Gasteiger partial charge in [0.2, 0.25) is 0 Å². The maximum absolute atomic E-state index is 5.26. The van der Waals surface area contributed by atoms with E-state index < -0.39 is 0 Å². The molecule has 0 N–H and O–H groups in total. The van der Waals surface area contributed by atoms with Crippen LogP contribution in [0.3, 0.4) is 0 Å². The molecular formula is C57H37N3S. The van der Waals surface area contributed by atoms with Gasteiger partial charge in [-0.05, 0) is 86.5 Å². The summed E-state index contributed by atoms with van der Waals surface area (Å²) in [7, 11) is 0. The molecule has 0 bridgehead atoms. The molecule has 286 valence electrons. The molecule has 11 rings (SSSR count). The van der Waals surface area contributed by atoms with Crippen LogP contribution in [-0.4, -0.2) is 15.0 Å². The van der Waals surface area contributed by atoms with Gasteiger partial charge in [0.25, 0.3) is 0 Å². The van der Waals surface area contributed by atoms with Crippen LogP contribution in [0.25, 0.3) is 110 Å². The molecule has 0 unspecified atom stereocenters. The van der Waals surface area contributed by atoms with Crippen molar-refractivity contribution in [2.75, 3.05) is 0 Å². The second-order valence-corrected chi connectivity index (χ2v) is 16.2. The van der Waals surface area contributed by atoms with Crippen molar-refractivity contribution in [2.24, 2.45) is 0 Å². The summed E-state index contributed by atoms with van der Waals surface area (Å²) in [6.45, 7) is 0. The van der Waals surface area contributed by atoms with Gasteiger partial charge in [-0.25, -0.2) is 15.0 Å². The van der Waals surface area contributed by atoms with Gasteiger partial charge in [0, 0.05) is 42.4 Å². The van der Waals surface area contributed by atoms with E-state index >= 15 is 0 Å². The molecule has 2 aromatic heterocycles. The van der Waals surface area contributed by atoms with E-state index in [0.29, 0.717) is 17.5 Å². The second-order valence-electron chi connectivity index (χ2n) is 15.2. The molecule has 0 amide bonds. The third-order valence-electron chi connectivity index (χ3n) is 11.3. The summed E-state index contributed by atoms with van der Waals surface area (Å²) in [5.74, 6) is 1.88. The van der Waals surface area contributed by atoms with Gasteiger partial charge in [0.05, 0.1) is 0 Å². The summed E-state index contributed by atoms with van der Waals surface area (Å²) in [5.41, 5.74) is 14.4. The van der Waals surface area contributed by atoms with Crippen LogP contribution < -0.4 is 0 Å². The molecular weight excluding hydrogens is 759 g/mol. The average Bonchev–Trinajstić information content (AvgIpc) is 3.74. The number of hydrogen-bond acceptors (Lipinski definition) is 4. The van der Waals surface area contributed by atoms with Crippen LogP contribution in [0.15, 0.2) is 224 Å². The van der Waals surface area contributed by atoms with Crippen LogP contribution >= 0.6 is 11.3 Å². The first kappa shape index (κ1) is 36.3. The van der Waals surface area contributed by atoms with Gasteiger partial charge in [0.1, 0.15) is 0 Å². The van der Waals surface area contributed by atoms with Crippen LogP contribution in [0, 0.1) is 0 Å². The van der Waals surface area contributed by atoms with Crippen LogP contribution in [0.2, 0.25) is 0 Å². The minimum Gasteiger partial charge on any atom is -0.208 e. The Balaban J connectivity index is 1.08. The predicted octanol–water partition coefficient (Wildman–Crippen LogP) is 15.6. The number of rotatable bonds is 8. The molecule has 0 fully saturated rings. The van der Waals surface area contributed by atoms with Gasteiger partial charge in [-0.2, -0.15) is 0 Å².